The fourth-order valence-electron chi connectivity index (χ4n) is 7.07. The lowest BCUT2D eigenvalue weighted by Crippen LogP contribution is -2.58. The monoisotopic (exact) mass is 731 g/mol. The number of nitrogens with one attached hydrogen (secondary N) is 3. The van der Waals surface area contributed by atoms with Gasteiger partial charge in [-0.05, 0) is 56.6 Å². The molecule has 1 saturated heterocycles. The van der Waals surface area contributed by atoms with Crippen molar-refractivity contribution in [1.82, 2.24) is 25.2 Å². The third kappa shape index (κ3) is 8.31. The minimum atomic E-state index is -3.91. The van der Waals surface area contributed by atoms with Crippen LogP contribution in [0.5, 0.6) is 0 Å². The third-order valence-electron chi connectivity index (χ3n) is 10.3. The molecule has 3 fully saturated rings. The van der Waals surface area contributed by atoms with E-state index >= 15 is 0 Å². The summed E-state index contributed by atoms with van der Waals surface area (Å²) in [6, 6.07) is 2.34. The van der Waals surface area contributed by atoms with E-state index in [4.69, 9.17) is 9.47 Å². The molecule has 3 N–H and O–H groups in total. The first-order chi connectivity index (χ1) is 24.4. The van der Waals surface area contributed by atoms with Gasteiger partial charge in [-0.25, -0.2) is 22.4 Å². The molecule has 0 radical (unpaired) electrons. The predicted octanol–water partition coefficient (Wildman–Crippen LogP) is 3.15. The molecule has 5 aliphatic rings. The van der Waals surface area contributed by atoms with Crippen LogP contribution in [0, 0.1) is 11.7 Å². The molecule has 1 aromatic carbocycles. The molecule has 2 aliphatic carbocycles. The zero-order chi connectivity index (χ0) is 36.3. The van der Waals surface area contributed by atoms with E-state index < -0.39 is 80.6 Å². The lowest BCUT2D eigenvalue weighted by molar-refractivity contribution is -0.141. The van der Waals surface area contributed by atoms with Gasteiger partial charge in [0.25, 0.3) is 5.91 Å². The number of alkyl carbamates (subject to hydrolysis) is 1. The summed E-state index contributed by atoms with van der Waals surface area (Å²) in [5.74, 6) is -3.03. The number of hydrogen-bond acceptors (Lipinski definition) is 9. The minimum Gasteiger partial charge on any atom is -0.450 e. The Kier molecular flexibility index (Phi) is 10.9. The Morgan fingerprint density at radius 2 is 1.90 bits per heavy atom. The summed E-state index contributed by atoms with van der Waals surface area (Å²) < 4.78 is 53.1. The second kappa shape index (κ2) is 15.2. The maximum Gasteiger partial charge on any atom is 0.410 e. The Bertz CT molecular complexity index is 1680. The summed E-state index contributed by atoms with van der Waals surface area (Å²) in [4.78, 5) is 70.6. The highest BCUT2D eigenvalue weighted by molar-refractivity contribution is 7.91. The van der Waals surface area contributed by atoms with Crippen LogP contribution in [0.1, 0.15) is 88.7 Å². The number of carbonyl (C=O) groups excluding carboxylic acids is 5. The average molecular weight is 732 g/mol. The molecule has 1 aromatic rings. The molecule has 14 nitrogen and oxygen atoms in total. The number of sulfonamides is 1. The van der Waals surface area contributed by atoms with Crippen LogP contribution in [0.4, 0.5) is 14.0 Å². The van der Waals surface area contributed by atoms with Crippen LogP contribution in [0.15, 0.2) is 30.4 Å². The van der Waals surface area contributed by atoms with Gasteiger partial charge in [-0.3, -0.25) is 24.0 Å². The average Bonchev–Trinajstić information content (AvgIpc) is 3.97. The highest BCUT2D eigenvalue weighted by Gasteiger charge is 2.62. The first-order valence-corrected chi connectivity index (χ1v) is 19.5. The Labute approximate surface area is 296 Å². The lowest BCUT2D eigenvalue weighted by atomic mass is 10.1. The number of rotatable bonds is 8. The molecule has 6 rings (SSSR count). The zero-order valence-corrected chi connectivity index (χ0v) is 29.6. The van der Waals surface area contributed by atoms with Crippen LogP contribution in [0.25, 0.3) is 0 Å². The number of allylic oxidation sites excluding steroid dienone is 1. The molecule has 278 valence electrons. The second-order valence-corrected chi connectivity index (χ2v) is 16.1. The van der Waals surface area contributed by atoms with E-state index in [1.54, 1.807) is 12.1 Å². The van der Waals surface area contributed by atoms with E-state index in [-0.39, 0.29) is 45.5 Å². The number of benzene rings is 1. The number of ether oxygens (including phenoxy) is 2. The van der Waals surface area contributed by atoms with E-state index in [0.29, 0.717) is 43.2 Å². The summed E-state index contributed by atoms with van der Waals surface area (Å²) in [5.41, 5.74) is -0.505. The van der Waals surface area contributed by atoms with E-state index in [1.807, 2.05) is 19.1 Å². The maximum absolute atomic E-state index is 14.4. The van der Waals surface area contributed by atoms with Crippen molar-refractivity contribution in [1.29, 1.82) is 0 Å². The lowest BCUT2D eigenvalue weighted by Gasteiger charge is -2.29. The Balaban J connectivity index is 1.23. The standard InChI is InChI=1S/C35H46FN5O9S/c1-2-3-16-49-33(45)37-28-13-8-6-4-5-7-11-23-18-35(23,32(44)39-51(47,48)25-14-15-25)38-30(42)29-17-24(20-41(29)31(28)43)50-34(46)40-19-22-10-9-12-27(36)26(22)21-40/h7,9-12,23-25,28-29H,2-6,8,13-21H2,1H3,(H,37,45)(H,38,42)(H,39,44)/b11-7-/t23?,24-,28+,29+,35-/m1/s1. The number of carbonyl (C=O) groups is 5. The van der Waals surface area contributed by atoms with Gasteiger partial charge in [0.2, 0.25) is 21.8 Å². The number of halogens is 1. The topological polar surface area (TPSA) is 181 Å². The normalized spacial score (nSPS) is 28.6. The van der Waals surface area contributed by atoms with Gasteiger partial charge in [-0.2, -0.15) is 0 Å². The predicted molar refractivity (Wildman–Crippen MR) is 181 cm³/mol. The molecule has 2 saturated carbocycles. The van der Waals surface area contributed by atoms with Crippen molar-refractivity contribution in [2.75, 3.05) is 13.2 Å². The summed E-state index contributed by atoms with van der Waals surface area (Å²) in [6.45, 7) is 2.08. The fraction of sp³-hybridized carbons (Fsp3) is 0.629. The van der Waals surface area contributed by atoms with Crippen molar-refractivity contribution < 1.29 is 46.3 Å². The van der Waals surface area contributed by atoms with Crippen molar-refractivity contribution in [3.05, 3.63) is 47.3 Å². The number of fused-ring (bicyclic) bond motifs is 3. The van der Waals surface area contributed by atoms with E-state index in [9.17, 15) is 36.8 Å². The van der Waals surface area contributed by atoms with Crippen molar-refractivity contribution in [3.63, 3.8) is 0 Å². The molecule has 0 aromatic heterocycles. The molecule has 16 heteroatoms. The summed E-state index contributed by atoms with van der Waals surface area (Å²) in [5, 5.41) is 4.80. The molecular weight excluding hydrogens is 685 g/mol. The molecule has 3 aliphatic heterocycles. The van der Waals surface area contributed by atoms with Crippen LogP contribution in [-0.2, 0) is 47.0 Å². The quantitative estimate of drug-likeness (QED) is 0.268. The SMILES string of the molecule is CCCCOC(=O)N[C@H]1CCCCC/C=C\C2C[C@@]2(C(=O)NS(=O)(=O)C2CC2)NC(=O)[C@@H]2C[C@@H](OC(=O)N3Cc4cccc(F)c4C3)CN2C1=O. The second-order valence-electron chi connectivity index (χ2n) is 14.2. The van der Waals surface area contributed by atoms with Gasteiger partial charge in [0.1, 0.15) is 29.5 Å². The van der Waals surface area contributed by atoms with Crippen LogP contribution in [-0.4, -0.2) is 90.3 Å². The van der Waals surface area contributed by atoms with Gasteiger partial charge >= 0.3 is 12.2 Å². The van der Waals surface area contributed by atoms with Crippen molar-refractivity contribution in [2.24, 2.45) is 5.92 Å². The van der Waals surface area contributed by atoms with Crippen molar-refractivity contribution in [2.45, 2.75) is 120 Å². The van der Waals surface area contributed by atoms with Crippen LogP contribution >= 0.6 is 0 Å². The summed E-state index contributed by atoms with van der Waals surface area (Å²) in [6.07, 6.45) is 6.70. The Morgan fingerprint density at radius 3 is 2.65 bits per heavy atom. The number of nitrogens with zero attached hydrogens (tertiary/aromatic N) is 2. The molecule has 1 unspecified atom stereocenters. The van der Waals surface area contributed by atoms with Crippen LogP contribution in [0.3, 0.4) is 0 Å². The van der Waals surface area contributed by atoms with Crippen molar-refractivity contribution >= 4 is 39.9 Å². The minimum absolute atomic E-state index is 0.00254. The van der Waals surface area contributed by atoms with Gasteiger partial charge in [0, 0.05) is 24.4 Å². The molecule has 5 atom stereocenters. The number of amides is 5. The highest BCUT2D eigenvalue weighted by Crippen LogP contribution is 2.46. The molecule has 51 heavy (non-hydrogen) atoms. The van der Waals surface area contributed by atoms with Gasteiger partial charge in [0.15, 0.2) is 0 Å². The number of unbranched alkanes of at least 4 members (excludes halogenated alkanes) is 1. The molecule has 3 heterocycles. The van der Waals surface area contributed by atoms with Crippen LogP contribution in [0.2, 0.25) is 0 Å². The van der Waals surface area contributed by atoms with E-state index in [1.165, 1.54) is 15.9 Å². The summed E-state index contributed by atoms with van der Waals surface area (Å²) >= 11 is 0. The maximum atomic E-state index is 14.4. The zero-order valence-electron chi connectivity index (χ0n) is 28.7. The largest absolute Gasteiger partial charge is 0.450 e. The molecular formula is C35H46FN5O9S. The molecule has 0 spiro atoms. The Hall–Kier alpha value is -4.21. The molecule has 0 bridgehead atoms. The van der Waals surface area contributed by atoms with E-state index in [0.717, 1.165) is 19.3 Å². The van der Waals surface area contributed by atoms with Gasteiger partial charge in [-0.1, -0.05) is 50.5 Å². The van der Waals surface area contributed by atoms with Gasteiger partial charge in [0.05, 0.1) is 24.9 Å². The van der Waals surface area contributed by atoms with Crippen LogP contribution < -0.4 is 15.4 Å². The fourth-order valence-corrected chi connectivity index (χ4v) is 8.43. The summed E-state index contributed by atoms with van der Waals surface area (Å²) in [7, 11) is -3.91. The van der Waals surface area contributed by atoms with E-state index in [2.05, 4.69) is 15.4 Å². The highest BCUT2D eigenvalue weighted by atomic mass is 32.2. The van der Waals surface area contributed by atoms with Crippen molar-refractivity contribution in [3.8, 4) is 0 Å². The van der Waals surface area contributed by atoms with Gasteiger partial charge < -0.3 is 25.0 Å². The first-order valence-electron chi connectivity index (χ1n) is 17.9. The number of hydrogen-bond donors (Lipinski definition) is 3. The molecule has 5 amide bonds. The van der Waals surface area contributed by atoms with Gasteiger partial charge in [-0.15, -0.1) is 0 Å². The third-order valence-corrected chi connectivity index (χ3v) is 12.1. The first kappa shape index (κ1) is 36.6. The Morgan fingerprint density at radius 1 is 1.10 bits per heavy atom. The smallest absolute Gasteiger partial charge is 0.410 e.